The third kappa shape index (κ3) is 3.41. The van der Waals surface area contributed by atoms with Crippen molar-refractivity contribution in [3.05, 3.63) is 54.2 Å². The van der Waals surface area contributed by atoms with Crippen LogP contribution in [-0.4, -0.2) is 36.4 Å². The molecule has 7 nitrogen and oxygen atoms in total. The summed E-state index contributed by atoms with van der Waals surface area (Å²) >= 11 is 0. The van der Waals surface area contributed by atoms with E-state index in [-0.39, 0.29) is 11.8 Å². The van der Waals surface area contributed by atoms with E-state index in [1.165, 1.54) is 12.3 Å². The first kappa shape index (κ1) is 18.0. The van der Waals surface area contributed by atoms with Crippen molar-refractivity contribution in [1.29, 1.82) is 0 Å². The molecule has 0 bridgehead atoms. The number of halogens is 1. The van der Waals surface area contributed by atoms with Gasteiger partial charge < -0.3 is 9.84 Å². The SMILES string of the molecule is CC(C)Oc1ccc2[nH]nc(-c3nccc(-c4cnc(CO)c(F)c4)n3)c2c1. The average molecular weight is 379 g/mol. The molecule has 4 aromatic rings. The van der Waals surface area contributed by atoms with Gasteiger partial charge >= 0.3 is 0 Å². The number of ether oxygens (including phenoxy) is 1. The van der Waals surface area contributed by atoms with Gasteiger partial charge in [0.25, 0.3) is 0 Å². The number of nitrogens with zero attached hydrogens (tertiary/aromatic N) is 4. The highest BCUT2D eigenvalue weighted by molar-refractivity contribution is 5.92. The van der Waals surface area contributed by atoms with Crippen molar-refractivity contribution in [2.75, 3.05) is 0 Å². The van der Waals surface area contributed by atoms with Crippen molar-refractivity contribution in [3.8, 4) is 28.5 Å². The van der Waals surface area contributed by atoms with Crippen molar-refractivity contribution < 1.29 is 14.2 Å². The number of aliphatic hydroxyl groups excluding tert-OH is 1. The fourth-order valence-electron chi connectivity index (χ4n) is 2.87. The zero-order valence-corrected chi connectivity index (χ0v) is 15.3. The highest BCUT2D eigenvalue weighted by Gasteiger charge is 2.14. The average Bonchev–Trinajstić information content (AvgIpc) is 3.11. The molecule has 142 valence electrons. The monoisotopic (exact) mass is 379 g/mol. The maximum Gasteiger partial charge on any atom is 0.181 e. The first-order chi connectivity index (χ1) is 13.5. The van der Waals surface area contributed by atoms with Crippen LogP contribution in [0.25, 0.3) is 33.7 Å². The van der Waals surface area contributed by atoms with Crippen LogP contribution in [0.5, 0.6) is 5.75 Å². The van der Waals surface area contributed by atoms with Crippen molar-refractivity contribution in [2.24, 2.45) is 0 Å². The van der Waals surface area contributed by atoms with Crippen LogP contribution in [0.3, 0.4) is 0 Å². The molecule has 3 heterocycles. The lowest BCUT2D eigenvalue weighted by Gasteiger charge is -2.09. The molecule has 0 aliphatic rings. The highest BCUT2D eigenvalue weighted by atomic mass is 19.1. The Labute approximate surface area is 160 Å². The third-order valence-corrected chi connectivity index (χ3v) is 4.14. The molecule has 0 fully saturated rings. The van der Waals surface area contributed by atoms with Gasteiger partial charge in [-0.1, -0.05) is 0 Å². The molecule has 1 aromatic carbocycles. The van der Waals surface area contributed by atoms with Crippen molar-refractivity contribution in [1.82, 2.24) is 25.1 Å². The van der Waals surface area contributed by atoms with Crippen LogP contribution in [0.4, 0.5) is 4.39 Å². The molecule has 0 amide bonds. The van der Waals surface area contributed by atoms with E-state index >= 15 is 0 Å². The Bertz CT molecular complexity index is 1140. The lowest BCUT2D eigenvalue weighted by Crippen LogP contribution is -2.05. The van der Waals surface area contributed by atoms with E-state index < -0.39 is 12.4 Å². The van der Waals surface area contributed by atoms with Gasteiger partial charge in [-0.3, -0.25) is 10.1 Å². The summed E-state index contributed by atoms with van der Waals surface area (Å²) in [5.74, 6) is 0.546. The second kappa shape index (κ2) is 7.32. The Hall–Kier alpha value is -3.39. The Kier molecular flexibility index (Phi) is 4.70. The summed E-state index contributed by atoms with van der Waals surface area (Å²) in [7, 11) is 0. The molecule has 0 radical (unpaired) electrons. The number of hydrogen-bond acceptors (Lipinski definition) is 6. The normalized spacial score (nSPS) is 11.3. The van der Waals surface area contributed by atoms with Crippen molar-refractivity contribution >= 4 is 10.9 Å². The van der Waals surface area contributed by atoms with Gasteiger partial charge in [0.05, 0.1) is 23.9 Å². The molecule has 28 heavy (non-hydrogen) atoms. The smallest absolute Gasteiger partial charge is 0.181 e. The predicted molar refractivity (Wildman–Crippen MR) is 102 cm³/mol. The number of rotatable bonds is 5. The summed E-state index contributed by atoms with van der Waals surface area (Å²) < 4.78 is 19.7. The van der Waals surface area contributed by atoms with Gasteiger partial charge in [-0.2, -0.15) is 5.10 Å². The minimum absolute atomic E-state index is 0.00555. The Morgan fingerprint density at radius 2 is 2.04 bits per heavy atom. The second-order valence-corrected chi connectivity index (χ2v) is 6.52. The third-order valence-electron chi connectivity index (χ3n) is 4.14. The molecule has 0 unspecified atom stereocenters. The number of aromatic nitrogens is 5. The maximum absolute atomic E-state index is 14.0. The maximum atomic E-state index is 14.0. The van der Waals surface area contributed by atoms with Crippen LogP contribution in [0.2, 0.25) is 0 Å². The Morgan fingerprint density at radius 1 is 1.18 bits per heavy atom. The van der Waals surface area contributed by atoms with Gasteiger partial charge in [0.15, 0.2) is 5.82 Å². The van der Waals surface area contributed by atoms with Gasteiger partial charge in [0.2, 0.25) is 0 Å². The number of pyridine rings is 1. The van der Waals surface area contributed by atoms with E-state index in [1.54, 1.807) is 12.3 Å². The number of benzene rings is 1. The Balaban J connectivity index is 1.76. The molecule has 0 aliphatic heterocycles. The summed E-state index contributed by atoms with van der Waals surface area (Å²) in [6, 6.07) is 8.61. The lowest BCUT2D eigenvalue weighted by atomic mass is 10.1. The molecule has 8 heteroatoms. The summed E-state index contributed by atoms with van der Waals surface area (Å²) in [6.45, 7) is 3.46. The number of fused-ring (bicyclic) bond motifs is 1. The van der Waals surface area contributed by atoms with Gasteiger partial charge in [-0.15, -0.1) is 0 Å². The summed E-state index contributed by atoms with van der Waals surface area (Å²) in [5.41, 5.74) is 2.40. The standard InChI is InChI=1S/C20H18FN5O2/c1-11(2)28-13-3-4-17-14(8-13)19(26-25-17)20-22-6-5-16(24-20)12-7-15(21)18(10-27)23-9-12/h3-9,11,27H,10H2,1-2H3,(H,25,26). The molecule has 0 atom stereocenters. The summed E-state index contributed by atoms with van der Waals surface area (Å²) in [5, 5.41) is 17.2. The van der Waals surface area contributed by atoms with Crippen LogP contribution in [0.15, 0.2) is 42.7 Å². The van der Waals surface area contributed by atoms with E-state index in [4.69, 9.17) is 9.84 Å². The van der Waals surface area contributed by atoms with E-state index in [1.807, 2.05) is 32.0 Å². The molecule has 0 saturated heterocycles. The quantitative estimate of drug-likeness (QED) is 0.551. The fourth-order valence-corrected chi connectivity index (χ4v) is 2.87. The van der Waals surface area contributed by atoms with Crippen LogP contribution in [0, 0.1) is 5.82 Å². The number of hydrogen-bond donors (Lipinski definition) is 2. The first-order valence-corrected chi connectivity index (χ1v) is 8.79. The van der Waals surface area contributed by atoms with Crippen molar-refractivity contribution in [3.63, 3.8) is 0 Å². The minimum Gasteiger partial charge on any atom is -0.491 e. The van der Waals surface area contributed by atoms with Crippen LogP contribution in [0.1, 0.15) is 19.5 Å². The molecule has 2 N–H and O–H groups in total. The van der Waals surface area contributed by atoms with E-state index in [9.17, 15) is 4.39 Å². The number of nitrogens with one attached hydrogen (secondary N) is 1. The summed E-state index contributed by atoms with van der Waals surface area (Å²) in [4.78, 5) is 12.8. The summed E-state index contributed by atoms with van der Waals surface area (Å²) in [6.07, 6.45) is 3.11. The second-order valence-electron chi connectivity index (χ2n) is 6.52. The van der Waals surface area contributed by atoms with Gasteiger partial charge in [-0.05, 0) is 44.2 Å². The van der Waals surface area contributed by atoms with E-state index in [2.05, 4.69) is 25.1 Å². The van der Waals surface area contributed by atoms with E-state index in [0.29, 0.717) is 22.8 Å². The number of aliphatic hydroxyl groups is 1. The minimum atomic E-state index is -0.583. The Morgan fingerprint density at radius 3 is 2.79 bits per heavy atom. The first-order valence-electron chi connectivity index (χ1n) is 8.79. The fraction of sp³-hybridized carbons (Fsp3) is 0.200. The topological polar surface area (TPSA) is 96.8 Å². The molecule has 0 aliphatic carbocycles. The van der Waals surface area contributed by atoms with Crippen LogP contribution < -0.4 is 4.74 Å². The predicted octanol–water partition coefficient (Wildman–Crippen LogP) is 3.50. The highest BCUT2D eigenvalue weighted by Crippen LogP contribution is 2.29. The van der Waals surface area contributed by atoms with Crippen LogP contribution in [-0.2, 0) is 6.61 Å². The lowest BCUT2D eigenvalue weighted by molar-refractivity contribution is 0.243. The van der Waals surface area contributed by atoms with Crippen molar-refractivity contribution in [2.45, 2.75) is 26.6 Å². The molecule has 4 rings (SSSR count). The largest absolute Gasteiger partial charge is 0.491 e. The molecule has 0 saturated carbocycles. The van der Waals surface area contributed by atoms with Gasteiger partial charge in [0, 0.05) is 23.3 Å². The molecule has 3 aromatic heterocycles. The van der Waals surface area contributed by atoms with Gasteiger partial charge in [0.1, 0.15) is 23.0 Å². The molecule has 0 spiro atoms. The van der Waals surface area contributed by atoms with Crippen LogP contribution >= 0.6 is 0 Å². The van der Waals surface area contributed by atoms with Gasteiger partial charge in [-0.25, -0.2) is 14.4 Å². The molecular weight excluding hydrogens is 361 g/mol. The zero-order valence-electron chi connectivity index (χ0n) is 15.3. The van der Waals surface area contributed by atoms with E-state index in [0.717, 1.165) is 16.7 Å². The zero-order chi connectivity index (χ0) is 19.7. The molecular formula is C20H18FN5O2. The number of H-pyrrole nitrogens is 1. The number of aromatic amines is 1.